The van der Waals surface area contributed by atoms with Crippen LogP contribution in [0.25, 0.3) is 33.4 Å². The van der Waals surface area contributed by atoms with Crippen LogP contribution >= 0.6 is 0 Å². The Morgan fingerprint density at radius 3 is 2.77 bits per heavy atom. The van der Waals surface area contributed by atoms with E-state index in [0.29, 0.717) is 0 Å². The van der Waals surface area contributed by atoms with E-state index in [9.17, 15) is 0 Å². The number of rotatable bonds is 2. The highest BCUT2D eigenvalue weighted by molar-refractivity contribution is 5.96. The van der Waals surface area contributed by atoms with E-state index < -0.39 is 0 Å². The number of H-pyrrole nitrogens is 1. The van der Waals surface area contributed by atoms with Crippen LogP contribution in [0.2, 0.25) is 0 Å². The Bertz CT molecular complexity index is 956. The molecule has 0 bridgehead atoms. The van der Waals surface area contributed by atoms with Gasteiger partial charge in [0.1, 0.15) is 5.76 Å². The SMILES string of the molecule is Cc1noc(C)c1-c1cc(-c2ccnn2C)cc2[nH]cnc12. The van der Waals surface area contributed by atoms with Crippen LogP contribution in [-0.4, -0.2) is 24.9 Å². The van der Waals surface area contributed by atoms with Gasteiger partial charge >= 0.3 is 0 Å². The third-order valence-electron chi connectivity index (χ3n) is 3.94. The first-order valence-corrected chi connectivity index (χ1v) is 7.04. The number of aromatic amines is 1. The Hall–Kier alpha value is -2.89. The Morgan fingerprint density at radius 1 is 1.23 bits per heavy atom. The zero-order valence-corrected chi connectivity index (χ0v) is 12.6. The lowest BCUT2D eigenvalue weighted by Crippen LogP contribution is -1.94. The van der Waals surface area contributed by atoms with Gasteiger partial charge in [-0.2, -0.15) is 5.10 Å². The maximum Gasteiger partial charge on any atom is 0.141 e. The molecule has 0 saturated heterocycles. The molecule has 0 fully saturated rings. The van der Waals surface area contributed by atoms with Gasteiger partial charge in [0.15, 0.2) is 0 Å². The van der Waals surface area contributed by atoms with Gasteiger partial charge in [0.25, 0.3) is 0 Å². The molecule has 22 heavy (non-hydrogen) atoms. The second-order valence-corrected chi connectivity index (χ2v) is 5.36. The summed E-state index contributed by atoms with van der Waals surface area (Å²) in [6.07, 6.45) is 3.50. The van der Waals surface area contributed by atoms with Crippen LogP contribution in [0.3, 0.4) is 0 Å². The third kappa shape index (κ3) is 1.77. The summed E-state index contributed by atoms with van der Waals surface area (Å²) in [6.45, 7) is 3.87. The molecule has 3 heterocycles. The number of hydrogen-bond donors (Lipinski definition) is 1. The maximum atomic E-state index is 5.32. The van der Waals surface area contributed by atoms with Gasteiger partial charge in [0.2, 0.25) is 0 Å². The second-order valence-electron chi connectivity index (χ2n) is 5.36. The second kappa shape index (κ2) is 4.56. The average molecular weight is 293 g/mol. The van der Waals surface area contributed by atoms with Crippen molar-refractivity contribution in [3.8, 4) is 22.4 Å². The first-order chi connectivity index (χ1) is 10.6. The highest BCUT2D eigenvalue weighted by atomic mass is 16.5. The molecule has 4 aromatic rings. The van der Waals surface area contributed by atoms with Crippen LogP contribution in [0.4, 0.5) is 0 Å². The molecule has 0 spiro atoms. The summed E-state index contributed by atoms with van der Waals surface area (Å²) in [4.78, 5) is 7.65. The van der Waals surface area contributed by atoms with E-state index in [1.54, 1.807) is 12.5 Å². The number of benzene rings is 1. The normalized spacial score (nSPS) is 11.4. The molecule has 0 radical (unpaired) electrons. The van der Waals surface area contributed by atoms with E-state index >= 15 is 0 Å². The van der Waals surface area contributed by atoms with Gasteiger partial charge in [-0.15, -0.1) is 0 Å². The zero-order valence-electron chi connectivity index (χ0n) is 12.6. The Morgan fingerprint density at radius 2 is 2.09 bits per heavy atom. The molecular weight excluding hydrogens is 278 g/mol. The molecule has 6 heteroatoms. The molecule has 3 aromatic heterocycles. The molecule has 6 nitrogen and oxygen atoms in total. The topological polar surface area (TPSA) is 72.5 Å². The monoisotopic (exact) mass is 293 g/mol. The van der Waals surface area contributed by atoms with E-state index in [4.69, 9.17) is 4.52 Å². The van der Waals surface area contributed by atoms with Crippen molar-refractivity contribution in [3.63, 3.8) is 0 Å². The minimum absolute atomic E-state index is 0.795. The highest BCUT2D eigenvalue weighted by Crippen LogP contribution is 2.35. The van der Waals surface area contributed by atoms with Crippen LogP contribution in [0.5, 0.6) is 0 Å². The summed E-state index contributed by atoms with van der Waals surface area (Å²) in [7, 11) is 1.93. The summed E-state index contributed by atoms with van der Waals surface area (Å²) in [5, 5.41) is 8.31. The van der Waals surface area contributed by atoms with E-state index in [1.165, 1.54) is 0 Å². The average Bonchev–Trinajstić information content (AvgIpc) is 3.19. The Balaban J connectivity index is 2.06. The van der Waals surface area contributed by atoms with Gasteiger partial charge in [0.05, 0.1) is 28.7 Å². The third-order valence-corrected chi connectivity index (χ3v) is 3.94. The van der Waals surface area contributed by atoms with Crippen LogP contribution in [-0.2, 0) is 7.05 Å². The van der Waals surface area contributed by atoms with E-state index in [2.05, 4.69) is 32.4 Å². The number of fused-ring (bicyclic) bond motifs is 1. The maximum absolute atomic E-state index is 5.32. The van der Waals surface area contributed by atoms with E-state index in [1.807, 2.05) is 31.6 Å². The predicted molar refractivity (Wildman–Crippen MR) is 83.3 cm³/mol. The van der Waals surface area contributed by atoms with Gasteiger partial charge in [-0.25, -0.2) is 4.98 Å². The summed E-state index contributed by atoms with van der Waals surface area (Å²) in [6, 6.07) is 6.20. The van der Waals surface area contributed by atoms with Gasteiger partial charge in [-0.1, -0.05) is 5.16 Å². The van der Waals surface area contributed by atoms with Gasteiger partial charge < -0.3 is 9.51 Å². The smallest absolute Gasteiger partial charge is 0.141 e. The number of imidazole rings is 1. The number of hydrogen-bond acceptors (Lipinski definition) is 4. The molecule has 110 valence electrons. The summed E-state index contributed by atoms with van der Waals surface area (Å²) in [5.41, 5.74) is 6.90. The van der Waals surface area contributed by atoms with Crippen molar-refractivity contribution in [1.82, 2.24) is 24.9 Å². The lowest BCUT2D eigenvalue weighted by Gasteiger charge is -2.07. The van der Waals surface area contributed by atoms with Crippen molar-refractivity contribution in [2.24, 2.45) is 7.05 Å². The first-order valence-electron chi connectivity index (χ1n) is 7.04. The molecule has 0 aliphatic heterocycles. The number of nitrogens with one attached hydrogen (secondary N) is 1. The summed E-state index contributed by atoms with van der Waals surface area (Å²) in [5.74, 6) is 0.795. The van der Waals surface area contributed by atoms with Crippen LogP contribution in [0.15, 0.2) is 35.2 Å². The molecular formula is C16H15N5O. The minimum atomic E-state index is 0.795. The minimum Gasteiger partial charge on any atom is -0.361 e. The predicted octanol–water partition coefficient (Wildman–Crippen LogP) is 3.24. The number of aryl methyl sites for hydroxylation is 3. The van der Waals surface area contributed by atoms with Crippen molar-refractivity contribution in [1.29, 1.82) is 0 Å². The summed E-state index contributed by atoms with van der Waals surface area (Å²) < 4.78 is 7.18. The fourth-order valence-corrected chi connectivity index (χ4v) is 2.91. The lowest BCUT2D eigenvalue weighted by atomic mass is 9.98. The standard InChI is InChI=1S/C16H15N5O/c1-9-15(10(2)22-20-9)12-6-11(14-4-5-19-21(14)3)7-13-16(12)18-8-17-13/h4-8H,1-3H3,(H,17,18). The summed E-state index contributed by atoms with van der Waals surface area (Å²) >= 11 is 0. The van der Waals surface area contributed by atoms with Gasteiger partial charge in [0, 0.05) is 29.9 Å². The Kier molecular flexibility index (Phi) is 2.66. The van der Waals surface area contributed by atoms with Crippen molar-refractivity contribution >= 4 is 11.0 Å². The van der Waals surface area contributed by atoms with Gasteiger partial charge in [-0.3, -0.25) is 4.68 Å². The van der Waals surface area contributed by atoms with Crippen LogP contribution in [0, 0.1) is 13.8 Å². The largest absolute Gasteiger partial charge is 0.361 e. The fourth-order valence-electron chi connectivity index (χ4n) is 2.91. The van der Waals surface area contributed by atoms with E-state index in [0.717, 1.165) is 44.9 Å². The highest BCUT2D eigenvalue weighted by Gasteiger charge is 2.18. The molecule has 0 amide bonds. The molecule has 0 aliphatic rings. The van der Waals surface area contributed by atoms with Gasteiger partial charge in [-0.05, 0) is 32.0 Å². The van der Waals surface area contributed by atoms with Crippen molar-refractivity contribution in [2.45, 2.75) is 13.8 Å². The van der Waals surface area contributed by atoms with Crippen molar-refractivity contribution < 1.29 is 4.52 Å². The number of nitrogens with zero attached hydrogens (tertiary/aromatic N) is 4. The lowest BCUT2D eigenvalue weighted by molar-refractivity contribution is 0.393. The first kappa shape index (κ1) is 12.8. The molecule has 0 atom stereocenters. The van der Waals surface area contributed by atoms with Crippen molar-refractivity contribution in [2.75, 3.05) is 0 Å². The van der Waals surface area contributed by atoms with Crippen molar-refractivity contribution in [3.05, 3.63) is 42.2 Å². The molecule has 1 N–H and O–H groups in total. The quantitative estimate of drug-likeness (QED) is 0.616. The molecule has 0 unspecified atom stereocenters. The molecule has 0 aliphatic carbocycles. The molecule has 4 rings (SSSR count). The van der Waals surface area contributed by atoms with Crippen LogP contribution in [0.1, 0.15) is 11.5 Å². The number of aromatic nitrogens is 5. The fraction of sp³-hybridized carbons (Fsp3) is 0.188. The molecule has 0 saturated carbocycles. The molecule has 1 aromatic carbocycles. The van der Waals surface area contributed by atoms with Crippen LogP contribution < -0.4 is 0 Å². The Labute approximate surface area is 126 Å². The van der Waals surface area contributed by atoms with E-state index in [-0.39, 0.29) is 0 Å². The zero-order chi connectivity index (χ0) is 15.3.